The minimum atomic E-state index is -4.94. The highest BCUT2D eigenvalue weighted by molar-refractivity contribution is 7.48. The van der Waals surface area contributed by atoms with Crippen molar-refractivity contribution in [3.8, 4) is 0 Å². The molecule has 0 bridgehead atoms. The summed E-state index contributed by atoms with van der Waals surface area (Å²) in [4.78, 5) is 46.7. The number of carbonyl (C=O) groups excluding carboxylic acids is 3. The molecule has 0 saturated carbocycles. The van der Waals surface area contributed by atoms with E-state index in [1.165, 1.54) is 77.0 Å². The van der Waals surface area contributed by atoms with Crippen molar-refractivity contribution in [2.24, 2.45) is 5.73 Å². The maximum Gasteiger partial charge on any atom is 0.529 e. The van der Waals surface area contributed by atoms with E-state index < -0.39 is 51.1 Å². The molecule has 0 aliphatic carbocycles. The van der Waals surface area contributed by atoms with Crippen molar-refractivity contribution in [3.63, 3.8) is 0 Å². The highest BCUT2D eigenvalue weighted by Crippen LogP contribution is 2.43. The number of phosphoric acid groups is 1. The second-order valence-electron chi connectivity index (χ2n) is 14.4. The van der Waals surface area contributed by atoms with Gasteiger partial charge >= 0.3 is 25.7 Å². The van der Waals surface area contributed by atoms with E-state index in [0.29, 0.717) is 12.8 Å². The Morgan fingerprint density at radius 2 is 0.981 bits per heavy atom. The second-order valence-corrected chi connectivity index (χ2v) is 15.8. The molecule has 0 aliphatic rings. The van der Waals surface area contributed by atoms with Crippen LogP contribution >= 0.6 is 7.82 Å². The Morgan fingerprint density at radius 1 is 0.593 bits per heavy atom. The molecule has 0 aromatic carbocycles. The molecule has 1 unspecified atom stereocenters. The first-order chi connectivity index (χ1) is 26.1. The van der Waals surface area contributed by atoms with E-state index >= 15 is 0 Å². The van der Waals surface area contributed by atoms with Crippen molar-refractivity contribution in [3.05, 3.63) is 24.3 Å². The van der Waals surface area contributed by atoms with E-state index in [4.69, 9.17) is 24.8 Å². The number of allylic oxidation sites excluding steroid dienone is 4. The summed E-state index contributed by atoms with van der Waals surface area (Å²) in [5.41, 5.74) is 5.33. The SMILES string of the molecule is CCCCCCCC/C=C\CCCCCCCC(=O)OC[C@H](COP(=O)(O)OC(=O)[C@@H](N)CO)OC(=O)CCCCCCC/C=C\CCCCCCCC. The summed E-state index contributed by atoms with van der Waals surface area (Å²) in [7, 11) is -4.94. The molecule has 0 fully saturated rings. The van der Waals surface area contributed by atoms with Crippen LogP contribution in [0.1, 0.15) is 194 Å². The summed E-state index contributed by atoms with van der Waals surface area (Å²) < 4.78 is 32.2. The van der Waals surface area contributed by atoms with Crippen molar-refractivity contribution in [1.82, 2.24) is 0 Å². The number of carbonyl (C=O) groups is 3. The number of nitrogens with two attached hydrogens (primary N) is 1. The first-order valence-corrected chi connectivity index (χ1v) is 22.9. The number of esters is 2. The number of aliphatic hydroxyl groups is 1. The third kappa shape index (κ3) is 35.6. The number of hydrogen-bond acceptors (Lipinski definition) is 10. The Balaban J connectivity index is 4.42. The van der Waals surface area contributed by atoms with Crippen LogP contribution < -0.4 is 5.73 Å². The molecule has 12 heteroatoms. The van der Waals surface area contributed by atoms with Gasteiger partial charge < -0.3 is 24.8 Å². The molecule has 0 radical (unpaired) electrons. The molecule has 54 heavy (non-hydrogen) atoms. The lowest BCUT2D eigenvalue weighted by Gasteiger charge is -2.20. The molecule has 4 N–H and O–H groups in total. The van der Waals surface area contributed by atoms with Crippen molar-refractivity contribution in [2.45, 2.75) is 206 Å². The molecule has 0 spiro atoms. The molecule has 11 nitrogen and oxygen atoms in total. The zero-order chi connectivity index (χ0) is 40.0. The number of unbranched alkanes of at least 4 members (excludes halogenated alkanes) is 22. The number of ether oxygens (including phenoxy) is 2. The lowest BCUT2D eigenvalue weighted by Crippen LogP contribution is -2.35. The minimum absolute atomic E-state index is 0.134. The molecule has 0 aliphatic heterocycles. The first-order valence-electron chi connectivity index (χ1n) is 21.4. The monoisotopic (exact) mass is 788 g/mol. The third-order valence-corrected chi connectivity index (χ3v) is 10.0. The van der Waals surface area contributed by atoms with E-state index in [9.17, 15) is 23.8 Å². The lowest BCUT2D eigenvalue weighted by molar-refractivity contribution is -0.161. The zero-order valence-electron chi connectivity index (χ0n) is 34.1. The molecule has 3 atom stereocenters. The number of phosphoric ester groups is 1. The van der Waals surface area contributed by atoms with Crippen LogP contribution in [0.2, 0.25) is 0 Å². The van der Waals surface area contributed by atoms with Crippen LogP contribution in [0, 0.1) is 0 Å². The Morgan fingerprint density at radius 3 is 1.41 bits per heavy atom. The average Bonchev–Trinajstić information content (AvgIpc) is 3.15. The summed E-state index contributed by atoms with van der Waals surface area (Å²) in [6.07, 6.45) is 37.9. The van der Waals surface area contributed by atoms with Crippen LogP contribution in [-0.4, -0.2) is 59.9 Å². The van der Waals surface area contributed by atoms with Gasteiger partial charge in [-0.05, 0) is 64.2 Å². The van der Waals surface area contributed by atoms with Crippen LogP contribution in [-0.2, 0) is 37.5 Å². The van der Waals surface area contributed by atoms with E-state index in [-0.39, 0.29) is 19.4 Å². The van der Waals surface area contributed by atoms with Crippen LogP contribution in [0.4, 0.5) is 0 Å². The van der Waals surface area contributed by atoms with Gasteiger partial charge in [0.1, 0.15) is 19.3 Å². The molecule has 0 rings (SSSR count). The van der Waals surface area contributed by atoms with E-state index in [2.05, 4.69) is 42.7 Å². The van der Waals surface area contributed by atoms with Crippen LogP contribution in [0.25, 0.3) is 0 Å². The van der Waals surface area contributed by atoms with Crippen molar-refractivity contribution < 1.29 is 47.5 Å². The van der Waals surface area contributed by atoms with E-state index in [1.54, 1.807) is 0 Å². The van der Waals surface area contributed by atoms with Crippen molar-refractivity contribution in [1.29, 1.82) is 0 Å². The summed E-state index contributed by atoms with van der Waals surface area (Å²) in [6, 6.07) is -1.52. The summed E-state index contributed by atoms with van der Waals surface area (Å²) >= 11 is 0. The summed E-state index contributed by atoms with van der Waals surface area (Å²) in [5, 5.41) is 8.98. The maximum absolute atomic E-state index is 12.6. The molecule has 0 aromatic rings. The van der Waals surface area contributed by atoms with Gasteiger partial charge in [0, 0.05) is 12.8 Å². The molecular weight excluding hydrogens is 709 g/mol. The van der Waals surface area contributed by atoms with Gasteiger partial charge in [-0.1, -0.05) is 141 Å². The highest BCUT2D eigenvalue weighted by atomic mass is 31.2. The number of hydrogen-bond donors (Lipinski definition) is 3. The molecule has 0 aromatic heterocycles. The standard InChI is InChI=1S/C42H78NO10P/c1-3-5-7-9-11-13-15-17-19-21-23-25-27-29-31-33-40(45)50-36-38(37-51-54(48,49)53-42(47)39(43)35-44)52-41(46)34-32-30-28-26-24-22-20-18-16-14-12-10-8-6-4-2/h17-20,38-39,44H,3-16,21-37,43H2,1-2H3,(H,48,49)/b19-17-,20-18-/t38-,39+/m1/s1. The summed E-state index contributed by atoms with van der Waals surface area (Å²) in [5.74, 6) is -2.35. The molecule has 0 amide bonds. The van der Waals surface area contributed by atoms with Gasteiger partial charge in [0.05, 0.1) is 6.61 Å². The van der Waals surface area contributed by atoms with Gasteiger partial charge in [0.25, 0.3) is 0 Å². The minimum Gasteiger partial charge on any atom is -0.462 e. The van der Waals surface area contributed by atoms with E-state index in [1.807, 2.05) is 0 Å². The predicted octanol–water partition coefficient (Wildman–Crippen LogP) is 10.5. The van der Waals surface area contributed by atoms with Crippen LogP contribution in [0.5, 0.6) is 0 Å². The normalized spacial score (nSPS) is 13.9. The number of rotatable bonds is 39. The Hall–Kier alpha value is -2.04. The van der Waals surface area contributed by atoms with Gasteiger partial charge in [-0.15, -0.1) is 0 Å². The molecule has 316 valence electrons. The Bertz CT molecular complexity index is 1020. The van der Waals surface area contributed by atoms with E-state index in [0.717, 1.165) is 77.0 Å². The fourth-order valence-corrected chi connectivity index (χ4v) is 6.53. The second kappa shape index (κ2) is 37.9. The zero-order valence-corrected chi connectivity index (χ0v) is 35.0. The third-order valence-electron chi connectivity index (χ3n) is 9.14. The predicted molar refractivity (Wildman–Crippen MR) is 217 cm³/mol. The van der Waals surface area contributed by atoms with Gasteiger partial charge in [-0.25, -0.2) is 9.36 Å². The Labute approximate surface area is 328 Å². The number of aliphatic hydroxyl groups excluding tert-OH is 1. The molecular formula is C42H78NO10P. The van der Waals surface area contributed by atoms with Crippen LogP contribution in [0.15, 0.2) is 24.3 Å². The lowest BCUT2D eigenvalue weighted by atomic mass is 10.1. The Kier molecular flexibility index (Phi) is 36.4. The van der Waals surface area contributed by atoms with Crippen LogP contribution in [0.3, 0.4) is 0 Å². The van der Waals surface area contributed by atoms with Gasteiger partial charge in [0.15, 0.2) is 6.10 Å². The van der Waals surface area contributed by atoms with Crippen molar-refractivity contribution >= 4 is 25.7 Å². The van der Waals surface area contributed by atoms with Gasteiger partial charge in [0.2, 0.25) is 0 Å². The highest BCUT2D eigenvalue weighted by Gasteiger charge is 2.31. The summed E-state index contributed by atoms with van der Waals surface area (Å²) in [6.45, 7) is 2.64. The fraction of sp³-hybridized carbons (Fsp3) is 0.833. The van der Waals surface area contributed by atoms with Crippen molar-refractivity contribution in [2.75, 3.05) is 19.8 Å². The smallest absolute Gasteiger partial charge is 0.462 e. The quantitative estimate of drug-likeness (QED) is 0.0234. The topological polar surface area (TPSA) is 172 Å². The largest absolute Gasteiger partial charge is 0.529 e. The fourth-order valence-electron chi connectivity index (χ4n) is 5.76. The average molecular weight is 788 g/mol. The van der Waals surface area contributed by atoms with Gasteiger partial charge in [-0.3, -0.25) is 19.0 Å². The first kappa shape index (κ1) is 52.0. The molecule has 0 heterocycles. The maximum atomic E-state index is 12.6. The molecule has 0 saturated heterocycles. The van der Waals surface area contributed by atoms with Gasteiger partial charge in [-0.2, -0.15) is 0 Å².